The molecule has 0 saturated carbocycles. The number of H-pyrrole nitrogens is 1. The Labute approximate surface area is 150 Å². The molecule has 3 rings (SSSR count). The van der Waals surface area contributed by atoms with Crippen molar-refractivity contribution in [3.05, 3.63) is 48.0 Å². The van der Waals surface area contributed by atoms with Crippen molar-refractivity contribution >= 4 is 28.3 Å². The monoisotopic (exact) mass is 349 g/mol. The standard InChI is InChI=1S/C19H19N5O2/c1-2-16(21)19(25)23-11-3-5-12(6-4-11)26-13-7-8-17-14(9-13)15(10-20)18(22)24-17/h3-9,16,24H,2,21-22H2,1H3,(H,23,25). The van der Waals surface area contributed by atoms with Gasteiger partial charge in [0.05, 0.1) is 6.04 Å². The minimum atomic E-state index is -0.527. The minimum Gasteiger partial charge on any atom is -0.457 e. The fraction of sp³-hybridized carbons (Fsp3) is 0.158. The molecule has 6 N–H and O–H groups in total. The second-order valence-corrected chi connectivity index (χ2v) is 5.86. The summed E-state index contributed by atoms with van der Waals surface area (Å²) < 4.78 is 5.82. The molecule has 1 amide bonds. The summed E-state index contributed by atoms with van der Waals surface area (Å²) in [5.41, 5.74) is 13.3. The quantitative estimate of drug-likeness (QED) is 0.562. The summed E-state index contributed by atoms with van der Waals surface area (Å²) in [5, 5.41) is 12.7. The average Bonchev–Trinajstić information content (AvgIpc) is 2.96. The van der Waals surface area contributed by atoms with Crippen molar-refractivity contribution in [3.8, 4) is 17.6 Å². The van der Waals surface area contributed by atoms with Crippen molar-refractivity contribution in [2.75, 3.05) is 11.1 Å². The first kappa shape index (κ1) is 17.3. The van der Waals surface area contributed by atoms with E-state index in [0.29, 0.717) is 40.4 Å². The highest BCUT2D eigenvalue weighted by molar-refractivity contribution is 5.94. The Hall–Kier alpha value is -3.50. The molecule has 0 spiro atoms. The van der Waals surface area contributed by atoms with Crippen LogP contribution in [0.1, 0.15) is 18.9 Å². The lowest BCUT2D eigenvalue weighted by atomic mass is 10.1. The number of aromatic nitrogens is 1. The maximum Gasteiger partial charge on any atom is 0.241 e. The Bertz CT molecular complexity index is 986. The largest absolute Gasteiger partial charge is 0.457 e. The van der Waals surface area contributed by atoms with Gasteiger partial charge in [-0.05, 0) is 48.9 Å². The zero-order valence-corrected chi connectivity index (χ0v) is 14.2. The van der Waals surface area contributed by atoms with E-state index in [9.17, 15) is 10.1 Å². The molecule has 1 aromatic heterocycles. The molecule has 3 aromatic rings. The predicted octanol–water partition coefficient (Wildman–Crippen LogP) is 3.09. The second kappa shape index (κ2) is 7.17. The number of fused-ring (bicyclic) bond motifs is 1. The van der Waals surface area contributed by atoms with E-state index in [4.69, 9.17) is 16.2 Å². The highest BCUT2D eigenvalue weighted by Crippen LogP contribution is 2.30. The lowest BCUT2D eigenvalue weighted by molar-refractivity contribution is -0.117. The second-order valence-electron chi connectivity index (χ2n) is 5.86. The number of nitrogens with zero attached hydrogens (tertiary/aromatic N) is 1. The maximum absolute atomic E-state index is 11.8. The molecular weight excluding hydrogens is 330 g/mol. The predicted molar refractivity (Wildman–Crippen MR) is 101 cm³/mol. The van der Waals surface area contributed by atoms with Gasteiger partial charge in [0.25, 0.3) is 0 Å². The molecule has 1 atom stereocenters. The molecule has 0 bridgehead atoms. The summed E-state index contributed by atoms with van der Waals surface area (Å²) in [5.74, 6) is 1.30. The summed E-state index contributed by atoms with van der Waals surface area (Å²) in [6.07, 6.45) is 0.573. The highest BCUT2D eigenvalue weighted by atomic mass is 16.5. The van der Waals surface area contributed by atoms with E-state index in [-0.39, 0.29) is 5.91 Å². The SMILES string of the molecule is CCC(N)C(=O)Nc1ccc(Oc2ccc3[nH]c(N)c(C#N)c3c2)cc1. The van der Waals surface area contributed by atoms with Gasteiger partial charge >= 0.3 is 0 Å². The number of ether oxygens (including phenoxy) is 1. The molecule has 0 fully saturated rings. The summed E-state index contributed by atoms with van der Waals surface area (Å²) in [4.78, 5) is 14.8. The van der Waals surface area contributed by atoms with Gasteiger partial charge in [-0.3, -0.25) is 4.79 Å². The van der Waals surface area contributed by atoms with Crippen LogP contribution in [0.3, 0.4) is 0 Å². The molecular formula is C19H19N5O2. The number of carbonyl (C=O) groups is 1. The number of amides is 1. The van der Waals surface area contributed by atoms with Gasteiger partial charge in [-0.15, -0.1) is 0 Å². The third-order valence-electron chi connectivity index (χ3n) is 4.05. The molecule has 1 heterocycles. The molecule has 0 radical (unpaired) electrons. The molecule has 0 aliphatic carbocycles. The van der Waals surface area contributed by atoms with Gasteiger partial charge in [0, 0.05) is 16.6 Å². The maximum atomic E-state index is 11.8. The van der Waals surface area contributed by atoms with Crippen LogP contribution in [0.15, 0.2) is 42.5 Å². The number of aromatic amines is 1. The van der Waals surface area contributed by atoms with Crippen LogP contribution in [0, 0.1) is 11.3 Å². The normalized spacial score (nSPS) is 11.7. The molecule has 1 unspecified atom stereocenters. The van der Waals surface area contributed by atoms with Gasteiger partial charge in [0.2, 0.25) is 5.91 Å². The van der Waals surface area contributed by atoms with E-state index < -0.39 is 6.04 Å². The van der Waals surface area contributed by atoms with Crippen molar-refractivity contribution in [3.63, 3.8) is 0 Å². The minimum absolute atomic E-state index is 0.222. The number of nitrogens with one attached hydrogen (secondary N) is 2. The van der Waals surface area contributed by atoms with Gasteiger partial charge < -0.3 is 26.5 Å². The van der Waals surface area contributed by atoms with Crippen LogP contribution < -0.4 is 21.5 Å². The Balaban J connectivity index is 1.76. The van der Waals surface area contributed by atoms with Crippen LogP contribution in [-0.2, 0) is 4.79 Å². The fourth-order valence-electron chi connectivity index (χ4n) is 2.54. The van der Waals surface area contributed by atoms with E-state index in [0.717, 1.165) is 5.52 Å². The van der Waals surface area contributed by atoms with Gasteiger partial charge in [-0.2, -0.15) is 5.26 Å². The third-order valence-corrected chi connectivity index (χ3v) is 4.05. The summed E-state index contributed by atoms with van der Waals surface area (Å²) in [6.45, 7) is 1.86. The van der Waals surface area contributed by atoms with E-state index in [1.54, 1.807) is 36.4 Å². The molecule has 2 aromatic carbocycles. The lowest BCUT2D eigenvalue weighted by Crippen LogP contribution is -2.34. The number of carbonyl (C=O) groups excluding carboxylic acids is 1. The van der Waals surface area contributed by atoms with Crippen LogP contribution in [0.5, 0.6) is 11.5 Å². The van der Waals surface area contributed by atoms with Crippen molar-refractivity contribution < 1.29 is 9.53 Å². The van der Waals surface area contributed by atoms with Crippen LogP contribution in [0.25, 0.3) is 10.9 Å². The van der Waals surface area contributed by atoms with E-state index in [2.05, 4.69) is 16.4 Å². The number of nitrogens with two attached hydrogens (primary N) is 2. The topological polar surface area (TPSA) is 130 Å². The lowest BCUT2D eigenvalue weighted by Gasteiger charge is -2.11. The highest BCUT2D eigenvalue weighted by Gasteiger charge is 2.12. The van der Waals surface area contributed by atoms with Crippen LogP contribution >= 0.6 is 0 Å². The van der Waals surface area contributed by atoms with Crippen molar-refractivity contribution in [1.29, 1.82) is 5.26 Å². The number of nitrogen functional groups attached to an aromatic ring is 1. The van der Waals surface area contributed by atoms with E-state index in [1.807, 2.05) is 13.0 Å². The Morgan fingerprint density at radius 3 is 2.62 bits per heavy atom. The van der Waals surface area contributed by atoms with E-state index in [1.165, 1.54) is 0 Å². The number of hydrogen-bond acceptors (Lipinski definition) is 5. The number of rotatable bonds is 5. The van der Waals surface area contributed by atoms with Crippen LogP contribution in [0.2, 0.25) is 0 Å². The molecule has 7 nitrogen and oxygen atoms in total. The zero-order chi connectivity index (χ0) is 18.7. The third kappa shape index (κ3) is 3.45. The molecule has 7 heteroatoms. The summed E-state index contributed by atoms with van der Waals surface area (Å²) >= 11 is 0. The van der Waals surface area contributed by atoms with Gasteiger partial charge in [-0.25, -0.2) is 0 Å². The van der Waals surface area contributed by atoms with Gasteiger partial charge in [0.1, 0.15) is 28.9 Å². The van der Waals surface area contributed by atoms with Crippen molar-refractivity contribution in [1.82, 2.24) is 4.98 Å². The van der Waals surface area contributed by atoms with Gasteiger partial charge in [0.15, 0.2) is 0 Å². The van der Waals surface area contributed by atoms with Gasteiger partial charge in [-0.1, -0.05) is 6.92 Å². The molecule has 0 saturated heterocycles. The Morgan fingerprint density at radius 1 is 1.27 bits per heavy atom. The number of hydrogen-bond donors (Lipinski definition) is 4. The first-order valence-electron chi connectivity index (χ1n) is 8.17. The molecule has 0 aliphatic rings. The molecule has 26 heavy (non-hydrogen) atoms. The number of anilines is 2. The Kier molecular flexibility index (Phi) is 4.78. The first-order valence-corrected chi connectivity index (χ1v) is 8.17. The van der Waals surface area contributed by atoms with E-state index >= 15 is 0 Å². The number of nitriles is 1. The summed E-state index contributed by atoms with van der Waals surface area (Å²) in [7, 11) is 0. The van der Waals surface area contributed by atoms with Crippen LogP contribution in [0.4, 0.5) is 11.5 Å². The molecule has 0 aliphatic heterocycles. The Morgan fingerprint density at radius 2 is 1.96 bits per heavy atom. The average molecular weight is 349 g/mol. The van der Waals surface area contributed by atoms with Crippen molar-refractivity contribution in [2.45, 2.75) is 19.4 Å². The van der Waals surface area contributed by atoms with Crippen LogP contribution in [-0.4, -0.2) is 16.9 Å². The molecule has 132 valence electrons. The van der Waals surface area contributed by atoms with Crippen molar-refractivity contribution in [2.24, 2.45) is 5.73 Å². The number of benzene rings is 2. The fourth-order valence-corrected chi connectivity index (χ4v) is 2.54. The first-order chi connectivity index (χ1) is 12.5. The smallest absolute Gasteiger partial charge is 0.241 e. The summed E-state index contributed by atoms with van der Waals surface area (Å²) in [6, 6.07) is 13.9. The zero-order valence-electron chi connectivity index (χ0n) is 14.2.